The second-order valence-corrected chi connectivity index (χ2v) is 4.96. The van der Waals surface area contributed by atoms with Crippen LogP contribution in [0.25, 0.3) is 21.7 Å². The lowest BCUT2D eigenvalue weighted by molar-refractivity contribution is -0.384. The van der Waals surface area contributed by atoms with Crippen LogP contribution in [0.2, 0.25) is 0 Å². The summed E-state index contributed by atoms with van der Waals surface area (Å²) in [5.74, 6) is 0. The Bertz CT molecular complexity index is 886. The van der Waals surface area contributed by atoms with E-state index in [4.69, 9.17) is 0 Å². The first-order valence-corrected chi connectivity index (χ1v) is 6.26. The van der Waals surface area contributed by atoms with Crippen molar-refractivity contribution in [2.75, 3.05) is 0 Å². The number of nitrogens with one attached hydrogen (secondary N) is 1. The molecule has 0 amide bonds. The number of pyridine rings is 1. The number of nitro benzene ring substituents is 1. The van der Waals surface area contributed by atoms with Crippen LogP contribution in [-0.4, -0.2) is 9.91 Å². The van der Waals surface area contributed by atoms with Gasteiger partial charge in [-0.1, -0.05) is 18.2 Å². The minimum Gasteiger partial charge on any atom is -0.320 e. The summed E-state index contributed by atoms with van der Waals surface area (Å²) in [6.07, 6.45) is 0. The van der Waals surface area contributed by atoms with Gasteiger partial charge in [0.2, 0.25) is 0 Å². The molecule has 0 bridgehead atoms. The zero-order valence-electron chi connectivity index (χ0n) is 9.51. The van der Waals surface area contributed by atoms with Crippen LogP contribution in [0.5, 0.6) is 0 Å². The second kappa shape index (κ2) is 4.17. The van der Waals surface area contributed by atoms with Gasteiger partial charge >= 0.3 is 0 Å². The monoisotopic (exact) mass is 318 g/mol. The number of hydrogen-bond donors (Lipinski definition) is 1. The highest BCUT2D eigenvalue weighted by molar-refractivity contribution is 9.10. The molecule has 0 aliphatic heterocycles. The van der Waals surface area contributed by atoms with Gasteiger partial charge in [-0.25, -0.2) is 0 Å². The molecule has 1 aromatic heterocycles. The second-order valence-electron chi connectivity index (χ2n) is 4.11. The highest BCUT2D eigenvalue weighted by atomic mass is 79.9. The summed E-state index contributed by atoms with van der Waals surface area (Å²) >= 11 is 3.26. The Morgan fingerprint density at radius 2 is 1.79 bits per heavy atom. The van der Waals surface area contributed by atoms with Crippen molar-refractivity contribution in [1.82, 2.24) is 4.98 Å². The van der Waals surface area contributed by atoms with Crippen molar-refractivity contribution in [3.63, 3.8) is 0 Å². The normalized spacial score (nSPS) is 11.0. The lowest BCUT2D eigenvalue weighted by Gasteiger charge is -2.05. The predicted molar refractivity (Wildman–Crippen MR) is 76.4 cm³/mol. The topological polar surface area (TPSA) is 76.0 Å². The third-order valence-corrected chi connectivity index (χ3v) is 3.61. The molecular formula is C13H7BrN2O3. The molecule has 0 aliphatic carbocycles. The molecule has 5 nitrogen and oxygen atoms in total. The Morgan fingerprint density at radius 1 is 1.11 bits per heavy atom. The lowest BCUT2D eigenvalue weighted by atomic mass is 10.1. The summed E-state index contributed by atoms with van der Waals surface area (Å²) < 4.78 is 0.500. The van der Waals surface area contributed by atoms with Crippen molar-refractivity contribution in [2.45, 2.75) is 0 Å². The number of non-ortho nitro benzene ring substituents is 1. The van der Waals surface area contributed by atoms with Gasteiger partial charge in [0.25, 0.3) is 11.2 Å². The van der Waals surface area contributed by atoms with Gasteiger partial charge in [-0.15, -0.1) is 0 Å². The van der Waals surface area contributed by atoms with Crippen LogP contribution in [0, 0.1) is 10.1 Å². The number of H-pyrrole nitrogens is 1. The van der Waals surface area contributed by atoms with Crippen molar-refractivity contribution in [3.05, 3.63) is 61.3 Å². The number of benzene rings is 2. The number of aromatic amines is 1. The van der Waals surface area contributed by atoms with Gasteiger partial charge in [0, 0.05) is 27.4 Å². The van der Waals surface area contributed by atoms with Gasteiger partial charge in [0.15, 0.2) is 0 Å². The van der Waals surface area contributed by atoms with Crippen LogP contribution in [0.4, 0.5) is 5.69 Å². The van der Waals surface area contributed by atoms with Crippen LogP contribution in [0.3, 0.4) is 0 Å². The predicted octanol–water partition coefficient (Wildman–Crippen LogP) is 3.35. The Kier molecular flexibility index (Phi) is 2.60. The van der Waals surface area contributed by atoms with Crippen LogP contribution in [0.1, 0.15) is 0 Å². The van der Waals surface area contributed by atoms with E-state index in [9.17, 15) is 14.9 Å². The van der Waals surface area contributed by atoms with Gasteiger partial charge in [-0.2, -0.15) is 0 Å². The number of nitrogens with zero attached hydrogens (tertiary/aromatic N) is 1. The molecule has 1 heterocycles. The zero-order chi connectivity index (χ0) is 13.6. The Morgan fingerprint density at radius 3 is 2.47 bits per heavy atom. The molecular weight excluding hydrogens is 312 g/mol. The third-order valence-electron chi connectivity index (χ3n) is 2.99. The standard InChI is InChI=1S/C13H7BrN2O3/c14-11-6-7(16(18)19)5-10-8-3-1-2-4-9(8)13(17)15-12(10)11/h1-6H,(H,15,17). The van der Waals surface area contributed by atoms with Gasteiger partial charge in [-0.3, -0.25) is 14.9 Å². The zero-order valence-corrected chi connectivity index (χ0v) is 11.1. The Labute approximate surface area is 115 Å². The maximum Gasteiger partial charge on any atom is 0.271 e. The highest BCUT2D eigenvalue weighted by Crippen LogP contribution is 2.31. The van der Waals surface area contributed by atoms with Gasteiger partial charge in [-0.05, 0) is 27.4 Å². The Balaban J connectivity index is 2.59. The van der Waals surface area contributed by atoms with E-state index in [0.29, 0.717) is 26.1 Å². The molecule has 0 atom stereocenters. The first kappa shape index (κ1) is 11.9. The van der Waals surface area contributed by atoms with Crippen molar-refractivity contribution in [3.8, 4) is 0 Å². The first-order chi connectivity index (χ1) is 9.08. The van der Waals surface area contributed by atoms with Crippen LogP contribution < -0.4 is 5.56 Å². The van der Waals surface area contributed by atoms with Crippen molar-refractivity contribution < 1.29 is 4.92 Å². The summed E-state index contributed by atoms with van der Waals surface area (Å²) in [5, 5.41) is 12.8. The number of hydrogen-bond acceptors (Lipinski definition) is 3. The first-order valence-electron chi connectivity index (χ1n) is 5.46. The minimum absolute atomic E-state index is 0.0171. The lowest BCUT2D eigenvalue weighted by Crippen LogP contribution is -2.06. The molecule has 0 spiro atoms. The van der Waals surface area contributed by atoms with Crippen LogP contribution in [0.15, 0.2) is 45.7 Å². The number of rotatable bonds is 1. The van der Waals surface area contributed by atoms with Crippen molar-refractivity contribution in [2.24, 2.45) is 0 Å². The summed E-state index contributed by atoms with van der Waals surface area (Å²) in [7, 11) is 0. The molecule has 94 valence electrons. The maximum atomic E-state index is 12.0. The largest absolute Gasteiger partial charge is 0.320 e. The average molecular weight is 319 g/mol. The number of halogens is 1. The maximum absolute atomic E-state index is 12.0. The van der Waals surface area contributed by atoms with E-state index in [1.165, 1.54) is 12.1 Å². The quantitative estimate of drug-likeness (QED) is 0.424. The van der Waals surface area contributed by atoms with E-state index in [-0.39, 0.29) is 11.2 Å². The molecule has 0 aliphatic rings. The highest BCUT2D eigenvalue weighted by Gasteiger charge is 2.13. The molecule has 2 aromatic carbocycles. The average Bonchev–Trinajstić information content (AvgIpc) is 2.40. The Hall–Kier alpha value is -2.21. The van der Waals surface area contributed by atoms with Gasteiger partial charge < -0.3 is 4.98 Å². The van der Waals surface area contributed by atoms with Crippen molar-refractivity contribution in [1.29, 1.82) is 0 Å². The number of nitro groups is 1. The molecule has 3 aromatic rings. The van der Waals surface area contributed by atoms with E-state index < -0.39 is 4.92 Å². The molecule has 0 saturated heterocycles. The van der Waals surface area contributed by atoms with Gasteiger partial charge in [0.05, 0.1) is 10.4 Å². The molecule has 0 radical (unpaired) electrons. The summed E-state index contributed by atoms with van der Waals surface area (Å²) in [6, 6.07) is 9.89. The summed E-state index contributed by atoms with van der Waals surface area (Å²) in [5.41, 5.74) is 0.337. The number of fused-ring (bicyclic) bond motifs is 3. The van der Waals surface area contributed by atoms with E-state index in [0.717, 1.165) is 0 Å². The fraction of sp³-hybridized carbons (Fsp3) is 0. The fourth-order valence-electron chi connectivity index (χ4n) is 2.13. The molecule has 0 unspecified atom stereocenters. The number of aromatic nitrogens is 1. The van der Waals surface area contributed by atoms with E-state index in [2.05, 4.69) is 20.9 Å². The molecule has 0 fully saturated rings. The van der Waals surface area contributed by atoms with E-state index >= 15 is 0 Å². The van der Waals surface area contributed by atoms with E-state index in [1.807, 2.05) is 0 Å². The van der Waals surface area contributed by atoms with Crippen LogP contribution >= 0.6 is 15.9 Å². The molecule has 1 N–H and O–H groups in total. The third kappa shape index (κ3) is 1.80. The molecule has 19 heavy (non-hydrogen) atoms. The van der Waals surface area contributed by atoms with Crippen LogP contribution in [-0.2, 0) is 0 Å². The smallest absolute Gasteiger partial charge is 0.271 e. The van der Waals surface area contributed by atoms with Crippen molar-refractivity contribution >= 4 is 43.3 Å². The SMILES string of the molecule is O=c1[nH]c2c(Br)cc([N+](=O)[O-])cc2c2ccccc12. The molecule has 6 heteroatoms. The summed E-state index contributed by atoms with van der Waals surface area (Å²) in [4.78, 5) is 25.2. The van der Waals surface area contributed by atoms with Gasteiger partial charge in [0.1, 0.15) is 0 Å². The molecule has 0 saturated carbocycles. The fourth-order valence-corrected chi connectivity index (χ4v) is 2.68. The van der Waals surface area contributed by atoms with E-state index in [1.54, 1.807) is 24.3 Å². The molecule has 3 rings (SSSR count). The summed E-state index contributed by atoms with van der Waals surface area (Å²) in [6.45, 7) is 0. The minimum atomic E-state index is -0.454.